The number of morpholine rings is 1. The summed E-state index contributed by atoms with van der Waals surface area (Å²) in [6.45, 7) is 6.97. The zero-order valence-electron chi connectivity index (χ0n) is 12.2. The van der Waals surface area contributed by atoms with Gasteiger partial charge in [0, 0.05) is 25.7 Å². The summed E-state index contributed by atoms with van der Waals surface area (Å²) in [6, 6.07) is 0.588. The number of rotatable bonds is 10. The van der Waals surface area contributed by atoms with Gasteiger partial charge in [0.1, 0.15) is 0 Å². The average molecular weight is 256 g/mol. The van der Waals surface area contributed by atoms with Crippen LogP contribution in [0.25, 0.3) is 0 Å². The number of hydrogen-bond donors (Lipinski definition) is 1. The Labute approximate surface area is 113 Å². The molecule has 2 N–H and O–H groups in total. The number of hydrogen-bond acceptors (Lipinski definition) is 3. The lowest BCUT2D eigenvalue weighted by Gasteiger charge is -2.33. The van der Waals surface area contributed by atoms with Crippen molar-refractivity contribution in [1.82, 2.24) is 4.90 Å². The third-order valence-corrected chi connectivity index (χ3v) is 3.98. The Bertz CT molecular complexity index is 181. The first kappa shape index (κ1) is 15.9. The average Bonchev–Trinajstić information content (AvgIpc) is 2.43. The fraction of sp³-hybridized carbons (Fsp3) is 1.00. The van der Waals surface area contributed by atoms with Gasteiger partial charge in [-0.2, -0.15) is 0 Å². The molecule has 1 heterocycles. The molecule has 1 rings (SSSR count). The molecule has 0 aromatic carbocycles. The van der Waals surface area contributed by atoms with Gasteiger partial charge < -0.3 is 10.5 Å². The quantitative estimate of drug-likeness (QED) is 0.611. The molecule has 3 nitrogen and oxygen atoms in total. The summed E-state index contributed by atoms with van der Waals surface area (Å²) >= 11 is 0. The summed E-state index contributed by atoms with van der Waals surface area (Å²) in [5.74, 6) is 0. The van der Waals surface area contributed by atoms with Gasteiger partial charge in [-0.15, -0.1) is 0 Å². The van der Waals surface area contributed by atoms with Crippen LogP contribution in [0.5, 0.6) is 0 Å². The van der Waals surface area contributed by atoms with Crippen LogP contribution in [0.3, 0.4) is 0 Å². The van der Waals surface area contributed by atoms with Gasteiger partial charge in [-0.05, 0) is 6.42 Å². The molecule has 0 aliphatic carbocycles. The minimum absolute atomic E-state index is 0.588. The summed E-state index contributed by atoms with van der Waals surface area (Å²) in [6.07, 6.45) is 11.0. The minimum atomic E-state index is 0.588. The lowest BCUT2D eigenvalue weighted by Crippen LogP contribution is -2.46. The molecule has 108 valence electrons. The first-order valence-electron chi connectivity index (χ1n) is 7.90. The molecule has 0 amide bonds. The van der Waals surface area contributed by atoms with E-state index in [1.54, 1.807) is 0 Å². The molecule has 0 bridgehead atoms. The molecule has 0 aromatic rings. The fourth-order valence-electron chi connectivity index (χ4n) is 2.73. The summed E-state index contributed by atoms with van der Waals surface area (Å²) in [4.78, 5) is 2.51. The van der Waals surface area contributed by atoms with Crippen LogP contribution in [-0.4, -0.2) is 43.8 Å². The Morgan fingerprint density at radius 2 is 1.61 bits per heavy atom. The van der Waals surface area contributed by atoms with Crippen LogP contribution in [0, 0.1) is 0 Å². The second kappa shape index (κ2) is 10.8. The third-order valence-electron chi connectivity index (χ3n) is 3.98. The highest BCUT2D eigenvalue weighted by atomic mass is 16.5. The maximum absolute atomic E-state index is 5.90. The van der Waals surface area contributed by atoms with E-state index in [1.807, 2.05) is 0 Å². The van der Waals surface area contributed by atoms with Gasteiger partial charge in [-0.25, -0.2) is 0 Å². The minimum Gasteiger partial charge on any atom is -0.379 e. The summed E-state index contributed by atoms with van der Waals surface area (Å²) < 4.78 is 5.39. The predicted octanol–water partition coefficient (Wildman–Crippen LogP) is 2.79. The van der Waals surface area contributed by atoms with Crippen molar-refractivity contribution in [2.24, 2.45) is 5.73 Å². The first-order chi connectivity index (χ1) is 8.88. The molecule has 0 aromatic heterocycles. The van der Waals surface area contributed by atoms with Crippen molar-refractivity contribution in [1.29, 1.82) is 0 Å². The molecule has 18 heavy (non-hydrogen) atoms. The van der Waals surface area contributed by atoms with Gasteiger partial charge in [0.15, 0.2) is 0 Å². The molecule has 0 radical (unpaired) electrons. The summed E-state index contributed by atoms with van der Waals surface area (Å²) in [5.41, 5.74) is 5.90. The molecule has 1 aliphatic heterocycles. The van der Waals surface area contributed by atoms with Crippen LogP contribution in [0.15, 0.2) is 0 Å². The monoisotopic (exact) mass is 256 g/mol. The van der Waals surface area contributed by atoms with E-state index in [0.29, 0.717) is 6.04 Å². The van der Waals surface area contributed by atoms with Crippen molar-refractivity contribution in [3.05, 3.63) is 0 Å². The second-order valence-electron chi connectivity index (χ2n) is 5.45. The molecule has 1 aliphatic rings. The lowest BCUT2D eigenvalue weighted by molar-refractivity contribution is 0.0161. The van der Waals surface area contributed by atoms with Crippen molar-refractivity contribution in [3.8, 4) is 0 Å². The topological polar surface area (TPSA) is 38.5 Å². The molecule has 0 saturated carbocycles. The van der Waals surface area contributed by atoms with Gasteiger partial charge >= 0.3 is 0 Å². The zero-order chi connectivity index (χ0) is 13.1. The Hall–Kier alpha value is -0.120. The Morgan fingerprint density at radius 1 is 1.00 bits per heavy atom. The first-order valence-corrected chi connectivity index (χ1v) is 7.90. The van der Waals surface area contributed by atoms with E-state index in [2.05, 4.69) is 11.8 Å². The number of nitrogens with two attached hydrogens (primary N) is 1. The highest BCUT2D eigenvalue weighted by Crippen LogP contribution is 2.13. The normalized spacial score (nSPS) is 19.0. The fourth-order valence-corrected chi connectivity index (χ4v) is 2.73. The van der Waals surface area contributed by atoms with E-state index in [0.717, 1.165) is 32.8 Å². The Kier molecular flexibility index (Phi) is 9.54. The van der Waals surface area contributed by atoms with Gasteiger partial charge in [0.05, 0.1) is 13.2 Å². The van der Waals surface area contributed by atoms with Crippen molar-refractivity contribution >= 4 is 0 Å². The highest BCUT2D eigenvalue weighted by molar-refractivity contribution is 4.74. The SMILES string of the molecule is CCCCCCCCCC(CN)N1CCOCC1. The van der Waals surface area contributed by atoms with Crippen LogP contribution in [-0.2, 0) is 4.74 Å². The van der Waals surface area contributed by atoms with Crippen molar-refractivity contribution in [2.75, 3.05) is 32.8 Å². The van der Waals surface area contributed by atoms with Crippen LogP contribution in [0.1, 0.15) is 58.3 Å². The van der Waals surface area contributed by atoms with Crippen LogP contribution in [0.2, 0.25) is 0 Å². The Balaban J connectivity index is 2.00. The zero-order valence-corrected chi connectivity index (χ0v) is 12.2. The molecule has 1 atom stereocenters. The van der Waals surface area contributed by atoms with Crippen LogP contribution >= 0.6 is 0 Å². The molecule has 1 fully saturated rings. The second-order valence-corrected chi connectivity index (χ2v) is 5.45. The smallest absolute Gasteiger partial charge is 0.0594 e. The number of nitrogens with zero attached hydrogens (tertiary/aromatic N) is 1. The third kappa shape index (κ3) is 6.72. The van der Waals surface area contributed by atoms with Crippen molar-refractivity contribution in [2.45, 2.75) is 64.3 Å². The molecule has 1 saturated heterocycles. The molecular weight excluding hydrogens is 224 g/mol. The maximum atomic E-state index is 5.90. The molecule has 1 unspecified atom stereocenters. The molecular formula is C15H32N2O. The van der Waals surface area contributed by atoms with Crippen LogP contribution in [0.4, 0.5) is 0 Å². The summed E-state index contributed by atoms with van der Waals surface area (Å²) in [5, 5.41) is 0. The largest absolute Gasteiger partial charge is 0.379 e. The predicted molar refractivity (Wildman–Crippen MR) is 77.8 cm³/mol. The highest BCUT2D eigenvalue weighted by Gasteiger charge is 2.18. The number of unbranched alkanes of at least 4 members (excludes halogenated alkanes) is 6. The van der Waals surface area contributed by atoms with E-state index >= 15 is 0 Å². The van der Waals surface area contributed by atoms with Crippen molar-refractivity contribution in [3.63, 3.8) is 0 Å². The van der Waals surface area contributed by atoms with Crippen molar-refractivity contribution < 1.29 is 4.74 Å². The van der Waals surface area contributed by atoms with Gasteiger partial charge in [0.25, 0.3) is 0 Å². The van der Waals surface area contributed by atoms with E-state index in [9.17, 15) is 0 Å². The van der Waals surface area contributed by atoms with E-state index in [4.69, 9.17) is 10.5 Å². The Morgan fingerprint density at radius 3 is 2.22 bits per heavy atom. The van der Waals surface area contributed by atoms with Gasteiger partial charge in [0.2, 0.25) is 0 Å². The van der Waals surface area contributed by atoms with Gasteiger partial charge in [-0.3, -0.25) is 4.90 Å². The number of ether oxygens (including phenoxy) is 1. The van der Waals surface area contributed by atoms with Crippen LogP contribution < -0.4 is 5.73 Å². The lowest BCUT2D eigenvalue weighted by atomic mass is 10.0. The maximum Gasteiger partial charge on any atom is 0.0594 e. The molecule has 3 heteroatoms. The van der Waals surface area contributed by atoms with E-state index < -0.39 is 0 Å². The van der Waals surface area contributed by atoms with Gasteiger partial charge in [-0.1, -0.05) is 51.9 Å². The van der Waals surface area contributed by atoms with E-state index in [-0.39, 0.29) is 0 Å². The van der Waals surface area contributed by atoms with E-state index in [1.165, 1.54) is 51.4 Å². The molecule has 0 spiro atoms. The summed E-state index contributed by atoms with van der Waals surface area (Å²) in [7, 11) is 0. The standard InChI is InChI=1S/C15H32N2O/c1-2-3-4-5-6-7-8-9-15(14-16)17-10-12-18-13-11-17/h15H,2-14,16H2,1H3.